The molecule has 1 aromatic rings. The summed E-state index contributed by atoms with van der Waals surface area (Å²) in [6.07, 6.45) is 1.12. The van der Waals surface area contributed by atoms with Crippen LogP contribution in [-0.2, 0) is 4.79 Å². The van der Waals surface area contributed by atoms with Crippen molar-refractivity contribution >= 4 is 33.2 Å². The Balaban J connectivity index is 2.77. The summed E-state index contributed by atoms with van der Waals surface area (Å²) in [5.74, 6) is 0.282. The molecule has 0 aliphatic heterocycles. The van der Waals surface area contributed by atoms with Gasteiger partial charge in [-0.05, 0) is 36.9 Å². The Morgan fingerprint density at radius 1 is 1.48 bits per heavy atom. The van der Waals surface area contributed by atoms with Gasteiger partial charge in [0.2, 0.25) is 5.91 Å². The van der Waals surface area contributed by atoms with E-state index in [1.54, 1.807) is 6.07 Å². The summed E-state index contributed by atoms with van der Waals surface area (Å²) in [5.41, 5.74) is 5.74. The summed E-state index contributed by atoms with van der Waals surface area (Å²) in [4.78, 5) is 22.5. The van der Waals surface area contributed by atoms with Crippen molar-refractivity contribution in [2.45, 2.75) is 26.7 Å². The molecule has 6 nitrogen and oxygen atoms in total. The number of amides is 1. The number of benzene rings is 1. The Hall–Kier alpha value is -1.47. The maximum Gasteiger partial charge on any atom is 0.293 e. The molecule has 0 spiro atoms. The van der Waals surface area contributed by atoms with Gasteiger partial charge >= 0.3 is 0 Å². The number of carbonyl (C=O) groups is 1. The first-order valence-corrected chi connectivity index (χ1v) is 7.56. The fourth-order valence-electron chi connectivity index (χ4n) is 2.15. The fourth-order valence-corrected chi connectivity index (χ4v) is 2.50. The van der Waals surface area contributed by atoms with Gasteiger partial charge in [-0.15, -0.1) is 0 Å². The second-order valence-electron chi connectivity index (χ2n) is 5.40. The number of carbonyl (C=O) groups excluding carboxylic acids is 1. The molecule has 0 aromatic heterocycles. The van der Waals surface area contributed by atoms with Crippen LogP contribution in [0.2, 0.25) is 0 Å². The quantitative estimate of drug-likeness (QED) is 0.577. The van der Waals surface area contributed by atoms with Crippen molar-refractivity contribution in [1.29, 1.82) is 0 Å². The van der Waals surface area contributed by atoms with E-state index >= 15 is 0 Å². The van der Waals surface area contributed by atoms with Gasteiger partial charge in [0.05, 0.1) is 4.92 Å². The van der Waals surface area contributed by atoms with Crippen LogP contribution in [0.5, 0.6) is 0 Å². The Morgan fingerprint density at radius 3 is 2.67 bits per heavy atom. The molecule has 0 unspecified atom stereocenters. The monoisotopic (exact) mass is 357 g/mol. The molecular weight excluding hydrogens is 338 g/mol. The predicted molar refractivity (Wildman–Crippen MR) is 86.0 cm³/mol. The van der Waals surface area contributed by atoms with Gasteiger partial charge in [0.25, 0.3) is 5.69 Å². The highest BCUT2D eigenvalue weighted by molar-refractivity contribution is 9.10. The molecule has 0 radical (unpaired) electrons. The number of anilines is 1. The first kappa shape index (κ1) is 17.6. The van der Waals surface area contributed by atoms with Crippen LogP contribution in [-0.4, -0.2) is 17.4 Å². The smallest absolute Gasteiger partial charge is 0.293 e. The molecule has 1 amide bonds. The second kappa shape index (κ2) is 8.09. The maximum absolute atomic E-state index is 12.0. The minimum atomic E-state index is -0.519. The number of nitrogens with zero attached hydrogens (tertiary/aromatic N) is 1. The number of hydrogen-bond donors (Lipinski definition) is 2. The number of rotatable bonds is 7. The summed E-state index contributed by atoms with van der Waals surface area (Å²) in [6.45, 7) is 4.56. The second-order valence-corrected chi connectivity index (χ2v) is 6.32. The lowest BCUT2D eigenvalue weighted by atomic mass is 9.94. The first-order chi connectivity index (χ1) is 9.83. The van der Waals surface area contributed by atoms with Gasteiger partial charge in [-0.1, -0.05) is 29.8 Å². The number of nitro groups is 1. The van der Waals surface area contributed by atoms with Crippen molar-refractivity contribution in [3.05, 3.63) is 32.8 Å². The Morgan fingerprint density at radius 2 is 2.14 bits per heavy atom. The van der Waals surface area contributed by atoms with Crippen LogP contribution >= 0.6 is 15.9 Å². The van der Waals surface area contributed by atoms with Gasteiger partial charge in [0, 0.05) is 17.0 Å². The van der Waals surface area contributed by atoms with E-state index in [9.17, 15) is 14.9 Å². The molecule has 0 saturated heterocycles. The highest BCUT2D eigenvalue weighted by atomic mass is 79.9. The molecule has 7 heteroatoms. The fraction of sp³-hybridized carbons (Fsp3) is 0.500. The summed E-state index contributed by atoms with van der Waals surface area (Å²) in [7, 11) is 0. The minimum absolute atomic E-state index is 0.0829. The molecule has 1 aromatic carbocycles. The lowest BCUT2D eigenvalue weighted by molar-refractivity contribution is -0.384. The molecule has 0 heterocycles. The molecule has 1 atom stereocenters. The number of nitrogens with one attached hydrogen (secondary N) is 1. The van der Waals surface area contributed by atoms with Gasteiger partial charge in [-0.2, -0.15) is 0 Å². The van der Waals surface area contributed by atoms with E-state index in [0.717, 1.165) is 6.42 Å². The van der Waals surface area contributed by atoms with Crippen molar-refractivity contribution in [2.75, 3.05) is 11.9 Å². The third-order valence-electron chi connectivity index (χ3n) is 3.04. The van der Waals surface area contributed by atoms with E-state index in [-0.39, 0.29) is 29.6 Å². The highest BCUT2D eigenvalue weighted by Gasteiger charge is 2.19. The molecular formula is C14H20BrN3O3. The zero-order valence-corrected chi connectivity index (χ0v) is 13.7. The van der Waals surface area contributed by atoms with Crippen molar-refractivity contribution in [2.24, 2.45) is 17.6 Å². The van der Waals surface area contributed by atoms with Crippen LogP contribution < -0.4 is 11.1 Å². The largest absolute Gasteiger partial charge is 0.330 e. The summed E-state index contributed by atoms with van der Waals surface area (Å²) in [5, 5.41) is 13.6. The van der Waals surface area contributed by atoms with Crippen molar-refractivity contribution < 1.29 is 9.72 Å². The summed E-state index contributed by atoms with van der Waals surface area (Å²) < 4.78 is 0.590. The average molecular weight is 358 g/mol. The predicted octanol–water partition coefficient (Wildman–Crippen LogP) is 3.31. The minimum Gasteiger partial charge on any atom is -0.330 e. The number of halogens is 1. The van der Waals surface area contributed by atoms with E-state index < -0.39 is 4.92 Å². The summed E-state index contributed by atoms with van der Waals surface area (Å²) in [6, 6.07) is 4.53. The van der Waals surface area contributed by atoms with E-state index in [1.807, 2.05) is 0 Å². The van der Waals surface area contributed by atoms with Crippen LogP contribution in [0.3, 0.4) is 0 Å². The van der Waals surface area contributed by atoms with Crippen LogP contribution in [0, 0.1) is 22.0 Å². The zero-order valence-electron chi connectivity index (χ0n) is 12.1. The third kappa shape index (κ3) is 5.81. The Bertz CT molecular complexity index is 520. The molecule has 0 fully saturated rings. The average Bonchev–Trinajstić information content (AvgIpc) is 2.39. The zero-order chi connectivity index (χ0) is 16.0. The van der Waals surface area contributed by atoms with Crippen molar-refractivity contribution in [3.8, 4) is 0 Å². The molecule has 3 N–H and O–H groups in total. The number of nitrogens with two attached hydrogens (primary N) is 1. The topological polar surface area (TPSA) is 98.3 Å². The van der Waals surface area contributed by atoms with Gasteiger partial charge < -0.3 is 11.1 Å². The molecule has 0 bridgehead atoms. The number of hydrogen-bond acceptors (Lipinski definition) is 4. The highest BCUT2D eigenvalue weighted by Crippen LogP contribution is 2.28. The van der Waals surface area contributed by atoms with Gasteiger partial charge in [0.15, 0.2) is 0 Å². The third-order valence-corrected chi connectivity index (χ3v) is 3.54. The standard InChI is InChI=1S/C14H20BrN3O3/c1-9(2)5-10(8-16)6-14(19)17-12-4-3-11(15)7-13(12)18(20)21/h3-4,7,9-10H,5-6,8,16H2,1-2H3,(H,17,19)/t10-/m0/s1. The molecule has 1 rings (SSSR count). The van der Waals surface area contributed by atoms with Gasteiger partial charge in [0.1, 0.15) is 5.69 Å². The van der Waals surface area contributed by atoms with E-state index in [4.69, 9.17) is 5.73 Å². The molecule has 0 saturated carbocycles. The van der Waals surface area contributed by atoms with Crippen LogP contribution in [0.25, 0.3) is 0 Å². The maximum atomic E-state index is 12.0. The molecule has 0 aliphatic carbocycles. The molecule has 21 heavy (non-hydrogen) atoms. The van der Waals surface area contributed by atoms with Crippen LogP contribution in [0.15, 0.2) is 22.7 Å². The molecule has 116 valence electrons. The Labute approximate surface area is 132 Å². The SMILES string of the molecule is CC(C)C[C@H](CN)CC(=O)Nc1ccc(Br)cc1[N+](=O)[O-]. The molecule has 0 aliphatic rings. The van der Waals surface area contributed by atoms with Gasteiger partial charge in [-0.3, -0.25) is 14.9 Å². The van der Waals surface area contributed by atoms with E-state index in [2.05, 4.69) is 35.1 Å². The van der Waals surface area contributed by atoms with Crippen molar-refractivity contribution in [1.82, 2.24) is 0 Å². The normalized spacial score (nSPS) is 12.2. The lowest BCUT2D eigenvalue weighted by Crippen LogP contribution is -2.23. The number of nitro benzene ring substituents is 1. The van der Waals surface area contributed by atoms with E-state index in [0.29, 0.717) is 16.9 Å². The first-order valence-electron chi connectivity index (χ1n) is 6.77. The van der Waals surface area contributed by atoms with Gasteiger partial charge in [-0.25, -0.2) is 0 Å². The summed E-state index contributed by atoms with van der Waals surface area (Å²) >= 11 is 3.18. The van der Waals surface area contributed by atoms with Crippen LogP contribution in [0.1, 0.15) is 26.7 Å². The lowest BCUT2D eigenvalue weighted by Gasteiger charge is -2.16. The van der Waals surface area contributed by atoms with Crippen molar-refractivity contribution in [3.63, 3.8) is 0 Å². The van der Waals surface area contributed by atoms with E-state index in [1.165, 1.54) is 12.1 Å². The Kier molecular flexibility index (Phi) is 6.77. The van der Waals surface area contributed by atoms with Crippen LogP contribution in [0.4, 0.5) is 11.4 Å².